The third-order valence-electron chi connectivity index (χ3n) is 9.37. The number of carbonyl (C=O) groups excluding carboxylic acids is 1. The lowest BCUT2D eigenvalue weighted by molar-refractivity contribution is -0.138. The summed E-state index contributed by atoms with van der Waals surface area (Å²) in [7, 11) is 0. The van der Waals surface area contributed by atoms with Gasteiger partial charge in [0.25, 0.3) is 0 Å². The van der Waals surface area contributed by atoms with Crippen molar-refractivity contribution in [2.24, 2.45) is 17.8 Å². The Labute approximate surface area is 263 Å². The van der Waals surface area contributed by atoms with Crippen LogP contribution in [0.5, 0.6) is 0 Å². The van der Waals surface area contributed by atoms with E-state index in [4.69, 9.17) is 0 Å². The van der Waals surface area contributed by atoms with Crippen molar-refractivity contribution in [3.05, 3.63) is 69.2 Å². The molecule has 0 radical (unpaired) electrons. The molecule has 2 unspecified atom stereocenters. The predicted molar refractivity (Wildman–Crippen MR) is 174 cm³/mol. The molecule has 0 saturated carbocycles. The molecule has 1 amide bonds. The average Bonchev–Trinajstić information content (AvgIpc) is 3.59. The van der Waals surface area contributed by atoms with Gasteiger partial charge in [-0.2, -0.15) is 12.6 Å². The molecule has 4 rings (SSSR count). The summed E-state index contributed by atoms with van der Waals surface area (Å²) in [6.45, 7) is 13.6. The minimum Gasteiger partial charge on any atom is -0.495 e. The first kappa shape index (κ1) is 33.0. The molecule has 4 heterocycles. The number of carboxylic acids is 2. The number of aliphatic hydroxyl groups excluding tert-OH is 1. The molecule has 1 aromatic rings. The first-order valence-corrected chi connectivity index (χ1v) is 15.6. The number of amides is 1. The molecule has 11 heteroatoms. The van der Waals surface area contributed by atoms with Crippen molar-refractivity contribution < 1.29 is 29.7 Å². The molecule has 0 bridgehead atoms. The van der Waals surface area contributed by atoms with Gasteiger partial charge >= 0.3 is 11.9 Å². The SMILES string of the molecule is C=CC1=C(O)N[C@H](CC2N/C(=C\c3[nH]c(/C=C4\NC(=O)[C@H](C)[C@H]4[C@H](C)S)c(C)c3CCC(=O)O)C(CCC(=O)O)=C2C)C1C. The summed E-state index contributed by atoms with van der Waals surface area (Å²) in [5, 5.41) is 39.0. The number of aliphatic hydroxyl groups is 1. The first-order chi connectivity index (χ1) is 20.7. The van der Waals surface area contributed by atoms with E-state index >= 15 is 0 Å². The number of aliphatic carboxylic acids is 2. The molecular weight excluding hydrogens is 580 g/mol. The Morgan fingerprint density at radius 3 is 2.27 bits per heavy atom. The third-order valence-corrected chi connectivity index (χ3v) is 9.69. The molecule has 0 aliphatic carbocycles. The topological polar surface area (TPSA) is 164 Å². The maximum atomic E-state index is 12.5. The Balaban J connectivity index is 1.73. The van der Waals surface area contributed by atoms with Crippen LogP contribution in [0.1, 0.15) is 75.9 Å². The highest BCUT2D eigenvalue weighted by Gasteiger charge is 2.38. The number of aromatic amines is 1. The van der Waals surface area contributed by atoms with Gasteiger partial charge in [0.2, 0.25) is 5.91 Å². The fraction of sp³-hybridized carbons (Fsp3) is 0.485. The molecule has 3 aliphatic rings. The zero-order valence-corrected chi connectivity index (χ0v) is 26.8. The summed E-state index contributed by atoms with van der Waals surface area (Å²) < 4.78 is 0. The van der Waals surface area contributed by atoms with Crippen LogP contribution in [0.3, 0.4) is 0 Å². The van der Waals surface area contributed by atoms with Crippen molar-refractivity contribution in [3.63, 3.8) is 0 Å². The van der Waals surface area contributed by atoms with Gasteiger partial charge in [-0.15, -0.1) is 0 Å². The van der Waals surface area contributed by atoms with Crippen molar-refractivity contribution >= 4 is 42.6 Å². The van der Waals surface area contributed by atoms with Crippen LogP contribution in [-0.4, -0.2) is 55.5 Å². The molecule has 0 aromatic carbocycles. The van der Waals surface area contributed by atoms with Crippen molar-refractivity contribution in [2.75, 3.05) is 0 Å². The van der Waals surface area contributed by atoms with Gasteiger partial charge in [0.05, 0.1) is 0 Å². The van der Waals surface area contributed by atoms with Crippen molar-refractivity contribution in [1.82, 2.24) is 20.9 Å². The number of hydrogen-bond acceptors (Lipinski definition) is 7. The Kier molecular flexibility index (Phi) is 10.1. The Bertz CT molecular complexity index is 1480. The van der Waals surface area contributed by atoms with Crippen molar-refractivity contribution in [2.45, 2.75) is 84.1 Å². The molecule has 3 aliphatic heterocycles. The van der Waals surface area contributed by atoms with E-state index in [9.17, 15) is 29.7 Å². The lowest BCUT2D eigenvalue weighted by Crippen LogP contribution is -2.36. The maximum Gasteiger partial charge on any atom is 0.303 e. The van der Waals surface area contributed by atoms with E-state index in [0.717, 1.165) is 50.6 Å². The van der Waals surface area contributed by atoms with E-state index in [2.05, 4.69) is 40.1 Å². The molecule has 6 atom stereocenters. The number of nitrogens with one attached hydrogen (secondary N) is 4. The number of thiol groups is 1. The second kappa shape index (κ2) is 13.4. The molecule has 1 aromatic heterocycles. The Morgan fingerprint density at radius 2 is 1.68 bits per heavy atom. The highest BCUT2D eigenvalue weighted by Crippen LogP contribution is 2.37. The molecule has 238 valence electrons. The fourth-order valence-corrected chi connectivity index (χ4v) is 7.15. The van der Waals surface area contributed by atoms with Crippen LogP contribution in [0.15, 0.2) is 46.7 Å². The van der Waals surface area contributed by atoms with Crippen LogP contribution in [0.25, 0.3) is 12.2 Å². The van der Waals surface area contributed by atoms with Crippen molar-refractivity contribution in [1.29, 1.82) is 0 Å². The molecule has 1 saturated heterocycles. The van der Waals surface area contributed by atoms with Gasteiger partial charge in [0, 0.05) is 76.3 Å². The van der Waals surface area contributed by atoms with Gasteiger partial charge in [0.1, 0.15) is 0 Å². The quantitative estimate of drug-likeness (QED) is 0.153. The van der Waals surface area contributed by atoms with E-state index in [1.54, 1.807) is 6.08 Å². The average molecular weight is 625 g/mol. The van der Waals surface area contributed by atoms with Crippen LogP contribution < -0.4 is 16.0 Å². The molecular formula is C33H44N4O6S. The van der Waals surface area contributed by atoms with Gasteiger partial charge in [-0.3, -0.25) is 14.4 Å². The summed E-state index contributed by atoms with van der Waals surface area (Å²) >= 11 is 4.63. The highest BCUT2D eigenvalue weighted by atomic mass is 32.1. The number of allylic oxidation sites excluding steroid dienone is 3. The van der Waals surface area contributed by atoms with Gasteiger partial charge in [-0.25, -0.2) is 0 Å². The van der Waals surface area contributed by atoms with Crippen molar-refractivity contribution in [3.8, 4) is 0 Å². The summed E-state index contributed by atoms with van der Waals surface area (Å²) in [5.41, 5.74) is 7.48. The van der Waals surface area contributed by atoms with Crippen LogP contribution in [0.2, 0.25) is 0 Å². The standard InChI is InChI=1S/C33H44N4O6S/c1-7-20-15(2)25(36-33(20)43)12-23-16(3)21(8-10-29(38)39)26(34-23)14-27-22(9-11-30(40)41)17(4)24(35-27)13-28-31(19(6)44)18(5)32(42)37-28/h7,13-15,18-19,23,25,31,34-36,43-44H,1,8-12H2,2-6H3,(H,37,42)(H,38,39)(H,40,41)/b26-14-,28-13-/t15?,18-,19+,23?,25-,31+/m1/s1. The fourth-order valence-electron chi connectivity index (χ4n) is 6.73. The Hall–Kier alpha value is -3.86. The van der Waals surface area contributed by atoms with Gasteiger partial charge in [-0.1, -0.05) is 33.4 Å². The summed E-state index contributed by atoms with van der Waals surface area (Å²) in [6.07, 6.45) is 6.71. The predicted octanol–water partition coefficient (Wildman–Crippen LogP) is 4.83. The number of rotatable bonds is 12. The summed E-state index contributed by atoms with van der Waals surface area (Å²) in [4.78, 5) is 39.1. The monoisotopic (exact) mass is 624 g/mol. The second-order valence-electron chi connectivity index (χ2n) is 12.2. The first-order valence-electron chi connectivity index (χ1n) is 15.1. The number of hydrogen-bond donors (Lipinski definition) is 8. The van der Waals surface area contributed by atoms with Gasteiger partial charge in [0.15, 0.2) is 5.88 Å². The second-order valence-corrected chi connectivity index (χ2v) is 13.0. The minimum absolute atomic E-state index is 0.0341. The number of aromatic nitrogens is 1. The van der Waals surface area contributed by atoms with Crippen LogP contribution in [0.4, 0.5) is 0 Å². The largest absolute Gasteiger partial charge is 0.495 e. The highest BCUT2D eigenvalue weighted by molar-refractivity contribution is 7.80. The lowest BCUT2D eigenvalue weighted by atomic mass is 9.90. The summed E-state index contributed by atoms with van der Waals surface area (Å²) in [6, 6.07) is -0.145. The smallest absolute Gasteiger partial charge is 0.303 e. The summed E-state index contributed by atoms with van der Waals surface area (Å²) in [5.74, 6) is -1.99. The van der Waals surface area contributed by atoms with E-state index in [-0.39, 0.29) is 59.7 Å². The molecule has 10 nitrogen and oxygen atoms in total. The lowest BCUT2D eigenvalue weighted by Gasteiger charge is -2.23. The number of carboxylic acid groups (broad SMARTS) is 2. The molecule has 1 fully saturated rings. The van der Waals surface area contributed by atoms with E-state index in [1.165, 1.54) is 0 Å². The van der Waals surface area contributed by atoms with Crippen LogP contribution in [0, 0.1) is 24.7 Å². The van der Waals surface area contributed by atoms with E-state index in [1.807, 2.05) is 46.8 Å². The van der Waals surface area contributed by atoms with E-state index in [0.29, 0.717) is 19.3 Å². The normalized spacial score (nSPS) is 27.6. The van der Waals surface area contributed by atoms with Gasteiger partial charge < -0.3 is 36.3 Å². The molecule has 44 heavy (non-hydrogen) atoms. The van der Waals surface area contributed by atoms with Crippen LogP contribution >= 0.6 is 12.6 Å². The third kappa shape index (κ3) is 6.77. The molecule has 0 spiro atoms. The minimum atomic E-state index is -0.907. The molecule has 7 N–H and O–H groups in total. The Morgan fingerprint density at radius 1 is 1.02 bits per heavy atom. The zero-order chi connectivity index (χ0) is 32.5. The zero-order valence-electron chi connectivity index (χ0n) is 26.0. The van der Waals surface area contributed by atoms with Crippen LogP contribution in [-0.2, 0) is 20.8 Å². The number of H-pyrrole nitrogens is 1. The van der Waals surface area contributed by atoms with E-state index < -0.39 is 11.9 Å². The number of carbonyl (C=O) groups is 3. The maximum absolute atomic E-state index is 12.5. The van der Waals surface area contributed by atoms with Gasteiger partial charge in [-0.05, 0) is 67.5 Å².